The molecule has 104 valence electrons. The molecule has 0 saturated carbocycles. The molecule has 0 radical (unpaired) electrons. The van der Waals surface area contributed by atoms with Crippen LogP contribution < -0.4 is 10.6 Å². The van der Waals surface area contributed by atoms with Crippen molar-refractivity contribution in [1.29, 1.82) is 0 Å². The van der Waals surface area contributed by atoms with Gasteiger partial charge in [0.1, 0.15) is 6.04 Å². The average molecular weight is 274 g/mol. The maximum Gasteiger partial charge on any atom is 0.326 e. The van der Waals surface area contributed by atoms with Gasteiger partial charge < -0.3 is 15.7 Å². The zero-order chi connectivity index (χ0) is 13.8. The summed E-state index contributed by atoms with van der Waals surface area (Å²) in [5.41, 5.74) is -0.509. The minimum atomic E-state index is -1.01. The predicted molar refractivity (Wildman–Crippen MR) is 72.9 cm³/mol. The van der Waals surface area contributed by atoms with Crippen molar-refractivity contribution in [2.24, 2.45) is 5.41 Å². The lowest BCUT2D eigenvalue weighted by Gasteiger charge is -2.27. The van der Waals surface area contributed by atoms with Gasteiger partial charge in [0, 0.05) is 11.8 Å². The summed E-state index contributed by atoms with van der Waals surface area (Å²) >= 11 is 1.86. The van der Waals surface area contributed by atoms with E-state index in [1.165, 1.54) is 6.42 Å². The highest BCUT2D eigenvalue weighted by molar-refractivity contribution is 8.00. The van der Waals surface area contributed by atoms with E-state index >= 15 is 0 Å². The number of carbonyl (C=O) groups is 2. The molecular weight excluding hydrogens is 252 g/mol. The molecule has 0 aromatic heterocycles. The van der Waals surface area contributed by atoms with Crippen LogP contribution in [0.2, 0.25) is 0 Å². The highest BCUT2D eigenvalue weighted by atomic mass is 32.2. The molecule has 0 aromatic carbocycles. The zero-order valence-corrected chi connectivity index (χ0v) is 12.0. The molecule has 1 rings (SSSR count). The van der Waals surface area contributed by atoms with Crippen molar-refractivity contribution in [3.63, 3.8) is 0 Å². The van der Waals surface area contributed by atoms with Crippen molar-refractivity contribution < 1.29 is 14.7 Å². The van der Waals surface area contributed by atoms with Crippen molar-refractivity contribution in [2.75, 3.05) is 12.3 Å². The third-order valence-electron chi connectivity index (χ3n) is 2.90. The van der Waals surface area contributed by atoms with Crippen LogP contribution in [0.25, 0.3) is 0 Å². The molecule has 1 saturated heterocycles. The Morgan fingerprint density at radius 1 is 1.44 bits per heavy atom. The number of hydrogen-bond donors (Lipinski definition) is 3. The summed E-state index contributed by atoms with van der Waals surface area (Å²) in [6.45, 7) is 5.98. The van der Waals surface area contributed by atoms with Crippen molar-refractivity contribution in [3.8, 4) is 0 Å². The summed E-state index contributed by atoms with van der Waals surface area (Å²) < 4.78 is 0. The lowest BCUT2D eigenvalue weighted by molar-refractivity contribution is -0.141. The first-order chi connectivity index (χ1) is 8.30. The average Bonchev–Trinajstić information content (AvgIpc) is 2.73. The summed E-state index contributed by atoms with van der Waals surface area (Å²) in [6.07, 6.45) is 2.31. The number of nitrogens with one attached hydrogen (secondary N) is 2. The van der Waals surface area contributed by atoms with Gasteiger partial charge in [-0.2, -0.15) is 11.8 Å². The van der Waals surface area contributed by atoms with Crippen LogP contribution >= 0.6 is 11.8 Å². The zero-order valence-electron chi connectivity index (χ0n) is 11.2. The maximum atomic E-state index is 11.7. The Hall–Kier alpha value is -0.910. The molecule has 0 spiro atoms. The topological polar surface area (TPSA) is 78.4 Å². The summed E-state index contributed by atoms with van der Waals surface area (Å²) in [5.74, 6) is 0.140. The number of carboxylic acids is 1. The molecule has 1 aliphatic rings. The number of aliphatic carboxylic acids is 1. The Morgan fingerprint density at radius 2 is 2.11 bits per heavy atom. The summed E-state index contributed by atoms with van der Waals surface area (Å²) in [6, 6.07) is -1.28. The molecule has 3 N–H and O–H groups in total. The summed E-state index contributed by atoms with van der Waals surface area (Å²) in [7, 11) is 0. The molecular formula is C12H22N2O3S. The van der Waals surface area contributed by atoms with E-state index in [4.69, 9.17) is 5.11 Å². The molecule has 1 fully saturated rings. The van der Waals surface area contributed by atoms with E-state index in [1.807, 2.05) is 11.8 Å². The molecule has 6 heteroatoms. The fraction of sp³-hybridized carbons (Fsp3) is 0.833. The van der Waals surface area contributed by atoms with Gasteiger partial charge in [0.05, 0.1) is 0 Å². The molecule has 0 bridgehead atoms. The monoisotopic (exact) mass is 274 g/mol. The van der Waals surface area contributed by atoms with E-state index in [2.05, 4.69) is 10.6 Å². The van der Waals surface area contributed by atoms with E-state index in [0.717, 1.165) is 12.2 Å². The third-order valence-corrected chi connectivity index (χ3v) is 4.30. The first-order valence-electron chi connectivity index (χ1n) is 6.19. The molecule has 2 atom stereocenters. The van der Waals surface area contributed by atoms with Gasteiger partial charge in [-0.05, 0) is 24.0 Å². The molecule has 2 amide bonds. The third kappa shape index (κ3) is 4.76. The smallest absolute Gasteiger partial charge is 0.326 e. The van der Waals surface area contributed by atoms with Crippen molar-refractivity contribution in [3.05, 3.63) is 0 Å². The number of thioether (sulfide) groups is 1. The van der Waals surface area contributed by atoms with Crippen LogP contribution in [-0.2, 0) is 4.79 Å². The van der Waals surface area contributed by atoms with E-state index in [0.29, 0.717) is 11.8 Å². The first-order valence-corrected chi connectivity index (χ1v) is 7.24. The summed E-state index contributed by atoms with van der Waals surface area (Å²) in [4.78, 5) is 22.8. The fourth-order valence-electron chi connectivity index (χ4n) is 1.84. The minimum Gasteiger partial charge on any atom is -0.480 e. The Labute approximate surface area is 112 Å². The quantitative estimate of drug-likeness (QED) is 0.729. The van der Waals surface area contributed by atoms with Crippen LogP contribution in [0.4, 0.5) is 4.79 Å². The van der Waals surface area contributed by atoms with Gasteiger partial charge in [0.25, 0.3) is 0 Å². The number of rotatable bonds is 4. The second kappa shape index (κ2) is 6.31. The van der Waals surface area contributed by atoms with Crippen LogP contribution in [0, 0.1) is 5.41 Å². The lowest BCUT2D eigenvalue weighted by Crippen LogP contribution is -2.52. The Kier molecular flexibility index (Phi) is 5.31. The fourth-order valence-corrected chi connectivity index (χ4v) is 3.04. The van der Waals surface area contributed by atoms with Crippen LogP contribution in [0.1, 0.15) is 33.6 Å². The number of hydrogen-bond acceptors (Lipinski definition) is 3. The summed E-state index contributed by atoms with van der Waals surface area (Å²) in [5, 5.41) is 14.8. The van der Waals surface area contributed by atoms with Crippen molar-refractivity contribution in [1.82, 2.24) is 10.6 Å². The molecule has 18 heavy (non-hydrogen) atoms. The van der Waals surface area contributed by atoms with E-state index in [9.17, 15) is 9.59 Å². The minimum absolute atomic E-state index is 0.398. The highest BCUT2D eigenvalue weighted by Crippen LogP contribution is 2.25. The Balaban J connectivity index is 2.39. The molecule has 2 unspecified atom stereocenters. The van der Waals surface area contributed by atoms with Gasteiger partial charge in [0.2, 0.25) is 0 Å². The number of amides is 2. The molecule has 5 nitrogen and oxygen atoms in total. The van der Waals surface area contributed by atoms with Crippen molar-refractivity contribution in [2.45, 2.75) is 44.9 Å². The van der Waals surface area contributed by atoms with Gasteiger partial charge in [-0.25, -0.2) is 9.59 Å². The van der Waals surface area contributed by atoms with Gasteiger partial charge in [-0.1, -0.05) is 20.8 Å². The highest BCUT2D eigenvalue weighted by Gasteiger charge is 2.32. The molecule has 0 aliphatic carbocycles. The van der Waals surface area contributed by atoms with Gasteiger partial charge in [0.15, 0.2) is 0 Å². The van der Waals surface area contributed by atoms with Gasteiger partial charge >= 0.3 is 12.0 Å². The van der Waals surface area contributed by atoms with E-state index in [-0.39, 0.29) is 0 Å². The molecule has 0 aromatic rings. The van der Waals surface area contributed by atoms with Crippen LogP contribution in [0.5, 0.6) is 0 Å². The Morgan fingerprint density at radius 3 is 2.56 bits per heavy atom. The van der Waals surface area contributed by atoms with Crippen LogP contribution in [0.15, 0.2) is 0 Å². The van der Waals surface area contributed by atoms with E-state index in [1.54, 1.807) is 20.8 Å². The standard InChI is InChI=1S/C12H22N2O3S/c1-12(2,3)9(10(15)16)14-11(17)13-7-8-5-4-6-18-8/h8-9H,4-7H2,1-3H3,(H,15,16)(H2,13,14,17). The molecule has 1 heterocycles. The lowest BCUT2D eigenvalue weighted by atomic mass is 9.87. The SMILES string of the molecule is CC(C)(C)C(NC(=O)NCC1CCCS1)C(=O)O. The Bertz CT molecular complexity index is 309. The maximum absolute atomic E-state index is 11.7. The van der Waals surface area contributed by atoms with Gasteiger partial charge in [-0.15, -0.1) is 0 Å². The second-order valence-electron chi connectivity index (χ2n) is 5.63. The number of urea groups is 1. The van der Waals surface area contributed by atoms with E-state index < -0.39 is 23.5 Å². The predicted octanol–water partition coefficient (Wildman–Crippen LogP) is 1.68. The van der Waals surface area contributed by atoms with Crippen LogP contribution in [-0.4, -0.2) is 40.7 Å². The first kappa shape index (κ1) is 15.1. The number of carbonyl (C=O) groups excluding carboxylic acids is 1. The van der Waals surface area contributed by atoms with Gasteiger partial charge in [-0.3, -0.25) is 0 Å². The van der Waals surface area contributed by atoms with Crippen LogP contribution in [0.3, 0.4) is 0 Å². The largest absolute Gasteiger partial charge is 0.480 e. The number of carboxylic acid groups (broad SMARTS) is 1. The molecule has 1 aliphatic heterocycles. The normalized spacial score (nSPS) is 21.4. The van der Waals surface area contributed by atoms with Crippen molar-refractivity contribution >= 4 is 23.8 Å². The second-order valence-corrected chi connectivity index (χ2v) is 7.03.